The molecule has 0 aliphatic carbocycles. The number of halogens is 1. The number of aryl methyl sites for hydroxylation is 1. The molecule has 1 fully saturated rings. The van der Waals surface area contributed by atoms with Crippen LogP contribution in [0.5, 0.6) is 0 Å². The Bertz CT molecular complexity index is 1230. The third kappa shape index (κ3) is 3.86. The maximum Gasteiger partial charge on any atom is 0.289 e. The number of anilines is 1. The van der Waals surface area contributed by atoms with Gasteiger partial charge in [-0.2, -0.15) is 0 Å². The largest absolute Gasteiger partial charge is 0.459 e. The van der Waals surface area contributed by atoms with Crippen LogP contribution in [0.1, 0.15) is 16.1 Å². The summed E-state index contributed by atoms with van der Waals surface area (Å²) in [5, 5.41) is 1.59. The molecule has 1 amide bonds. The number of nitrogens with zero attached hydrogens (tertiary/aromatic N) is 4. The van der Waals surface area contributed by atoms with E-state index in [2.05, 4.69) is 24.0 Å². The average molecular weight is 433 g/mol. The maximum atomic E-state index is 12.6. The Kier molecular flexibility index (Phi) is 5.08. The molecule has 0 radical (unpaired) electrons. The van der Waals surface area contributed by atoms with E-state index in [1.54, 1.807) is 12.1 Å². The second kappa shape index (κ2) is 8.04. The molecular formula is C24H21ClN4O2. The highest BCUT2D eigenvalue weighted by Gasteiger charge is 2.26. The zero-order valence-corrected chi connectivity index (χ0v) is 17.8. The van der Waals surface area contributed by atoms with Gasteiger partial charge in [-0.05, 0) is 37.3 Å². The van der Waals surface area contributed by atoms with Crippen LogP contribution in [0.15, 0.2) is 65.3 Å². The first-order valence-corrected chi connectivity index (χ1v) is 10.6. The first-order chi connectivity index (χ1) is 15.1. The molecule has 6 nitrogen and oxygen atoms in total. The molecule has 5 rings (SSSR count). The highest BCUT2D eigenvalue weighted by atomic mass is 35.5. The summed E-state index contributed by atoms with van der Waals surface area (Å²) in [4.78, 5) is 26.3. The van der Waals surface area contributed by atoms with Crippen LogP contribution in [-0.2, 0) is 0 Å². The van der Waals surface area contributed by atoms with Gasteiger partial charge in [-0.25, -0.2) is 9.97 Å². The number of fused-ring (bicyclic) bond motifs is 1. The number of hydrogen-bond donors (Lipinski definition) is 0. The quantitative estimate of drug-likeness (QED) is 0.464. The Labute approximate surface area is 185 Å². The molecule has 0 bridgehead atoms. The standard InChI is InChI=1S/C24H21ClN4O2/c1-16-4-6-17(7-5-16)22-26-20-15-18(25)8-9-19(20)23(27-22)28-10-12-29(13-11-28)24(30)21-3-2-14-31-21/h2-9,14-15H,10-13H2,1H3. The number of hydrogen-bond acceptors (Lipinski definition) is 5. The van der Waals surface area contributed by atoms with Gasteiger partial charge in [0.15, 0.2) is 11.6 Å². The predicted molar refractivity (Wildman–Crippen MR) is 122 cm³/mol. The van der Waals surface area contributed by atoms with E-state index in [1.165, 1.54) is 11.8 Å². The number of piperazine rings is 1. The van der Waals surface area contributed by atoms with Crippen molar-refractivity contribution in [3.8, 4) is 11.4 Å². The van der Waals surface area contributed by atoms with Crippen molar-refractivity contribution in [3.05, 3.63) is 77.2 Å². The van der Waals surface area contributed by atoms with Crippen molar-refractivity contribution in [2.24, 2.45) is 0 Å². The van der Waals surface area contributed by atoms with Crippen molar-refractivity contribution in [3.63, 3.8) is 0 Å². The number of carbonyl (C=O) groups is 1. The molecule has 7 heteroatoms. The van der Waals surface area contributed by atoms with Crippen molar-refractivity contribution in [2.75, 3.05) is 31.1 Å². The molecule has 0 unspecified atom stereocenters. The lowest BCUT2D eigenvalue weighted by molar-refractivity contribution is 0.0714. The fourth-order valence-corrected chi connectivity index (χ4v) is 4.00. The maximum absolute atomic E-state index is 12.6. The monoisotopic (exact) mass is 432 g/mol. The van der Waals surface area contributed by atoms with E-state index in [-0.39, 0.29) is 5.91 Å². The number of amides is 1. The smallest absolute Gasteiger partial charge is 0.289 e. The summed E-state index contributed by atoms with van der Waals surface area (Å²) in [7, 11) is 0. The fraction of sp³-hybridized carbons (Fsp3) is 0.208. The number of benzene rings is 2. The van der Waals surface area contributed by atoms with Crippen LogP contribution in [0.2, 0.25) is 5.02 Å². The van der Waals surface area contributed by atoms with E-state index in [0.717, 1.165) is 22.3 Å². The molecule has 2 aromatic heterocycles. The van der Waals surface area contributed by atoms with Crippen molar-refractivity contribution >= 4 is 34.2 Å². The molecular weight excluding hydrogens is 412 g/mol. The zero-order chi connectivity index (χ0) is 21.4. The van der Waals surface area contributed by atoms with Crippen LogP contribution in [-0.4, -0.2) is 47.0 Å². The van der Waals surface area contributed by atoms with Gasteiger partial charge in [0.25, 0.3) is 5.91 Å². The first kappa shape index (κ1) is 19.6. The molecule has 2 aromatic carbocycles. The van der Waals surface area contributed by atoms with Gasteiger partial charge in [-0.1, -0.05) is 41.4 Å². The van der Waals surface area contributed by atoms with Crippen LogP contribution in [0.4, 0.5) is 5.82 Å². The average Bonchev–Trinajstić information content (AvgIpc) is 3.33. The molecule has 1 aliphatic rings. The van der Waals surface area contributed by atoms with Crippen molar-refractivity contribution in [1.82, 2.24) is 14.9 Å². The van der Waals surface area contributed by atoms with Gasteiger partial charge >= 0.3 is 0 Å². The van der Waals surface area contributed by atoms with Gasteiger partial charge in [0, 0.05) is 42.2 Å². The summed E-state index contributed by atoms with van der Waals surface area (Å²) in [6.45, 7) is 4.60. The zero-order valence-electron chi connectivity index (χ0n) is 17.1. The van der Waals surface area contributed by atoms with Gasteiger partial charge in [0.1, 0.15) is 5.82 Å². The van der Waals surface area contributed by atoms with Crippen molar-refractivity contribution in [2.45, 2.75) is 6.92 Å². The van der Waals surface area contributed by atoms with Gasteiger partial charge in [0.05, 0.1) is 11.8 Å². The van der Waals surface area contributed by atoms with Crippen LogP contribution in [0, 0.1) is 6.92 Å². The predicted octanol–water partition coefficient (Wildman–Crippen LogP) is 4.81. The molecule has 0 spiro atoms. The molecule has 4 aromatic rings. The molecule has 1 aliphatic heterocycles. The summed E-state index contributed by atoms with van der Waals surface area (Å²) in [5.74, 6) is 1.82. The summed E-state index contributed by atoms with van der Waals surface area (Å²) in [6, 6.07) is 17.3. The Morgan fingerprint density at radius 3 is 2.48 bits per heavy atom. The van der Waals surface area contributed by atoms with Crippen LogP contribution >= 0.6 is 11.6 Å². The molecule has 0 N–H and O–H groups in total. The van der Waals surface area contributed by atoms with Crippen LogP contribution < -0.4 is 4.90 Å². The van der Waals surface area contributed by atoms with Crippen molar-refractivity contribution in [1.29, 1.82) is 0 Å². The highest BCUT2D eigenvalue weighted by Crippen LogP contribution is 2.30. The van der Waals surface area contributed by atoms with E-state index < -0.39 is 0 Å². The number of furan rings is 1. The summed E-state index contributed by atoms with van der Waals surface area (Å²) < 4.78 is 5.26. The van der Waals surface area contributed by atoms with E-state index in [4.69, 9.17) is 26.0 Å². The van der Waals surface area contributed by atoms with E-state index in [1.807, 2.05) is 35.2 Å². The first-order valence-electron chi connectivity index (χ1n) is 10.2. The molecule has 156 valence electrons. The molecule has 3 heterocycles. The Morgan fingerprint density at radius 2 is 1.77 bits per heavy atom. The Morgan fingerprint density at radius 1 is 1.00 bits per heavy atom. The second-order valence-electron chi connectivity index (χ2n) is 7.65. The molecule has 0 atom stereocenters. The third-order valence-corrected chi connectivity index (χ3v) is 5.78. The lowest BCUT2D eigenvalue weighted by atomic mass is 10.1. The summed E-state index contributed by atoms with van der Waals surface area (Å²) in [6.07, 6.45) is 1.52. The summed E-state index contributed by atoms with van der Waals surface area (Å²) >= 11 is 6.25. The van der Waals surface area contributed by atoms with Crippen LogP contribution in [0.3, 0.4) is 0 Å². The van der Waals surface area contributed by atoms with Gasteiger partial charge in [-0.3, -0.25) is 4.79 Å². The molecule has 31 heavy (non-hydrogen) atoms. The second-order valence-corrected chi connectivity index (χ2v) is 8.09. The van der Waals surface area contributed by atoms with Crippen LogP contribution in [0.25, 0.3) is 22.3 Å². The molecule has 0 saturated carbocycles. The van der Waals surface area contributed by atoms with E-state index in [9.17, 15) is 4.79 Å². The van der Waals surface area contributed by atoms with Gasteiger partial charge in [0.2, 0.25) is 0 Å². The fourth-order valence-electron chi connectivity index (χ4n) is 3.84. The lowest BCUT2D eigenvalue weighted by Gasteiger charge is -2.35. The van der Waals surface area contributed by atoms with Gasteiger partial charge in [-0.15, -0.1) is 0 Å². The third-order valence-electron chi connectivity index (χ3n) is 5.55. The van der Waals surface area contributed by atoms with Gasteiger partial charge < -0.3 is 14.2 Å². The Hall–Kier alpha value is -3.38. The minimum Gasteiger partial charge on any atom is -0.459 e. The van der Waals surface area contributed by atoms with E-state index in [0.29, 0.717) is 42.8 Å². The number of rotatable bonds is 3. The SMILES string of the molecule is Cc1ccc(-c2nc(N3CCN(C(=O)c4ccco4)CC3)c3ccc(Cl)cc3n2)cc1. The lowest BCUT2D eigenvalue weighted by Crippen LogP contribution is -2.49. The minimum absolute atomic E-state index is 0.0793. The minimum atomic E-state index is -0.0793. The highest BCUT2D eigenvalue weighted by molar-refractivity contribution is 6.31. The normalized spacial score (nSPS) is 14.3. The Balaban J connectivity index is 1.47. The molecule has 1 saturated heterocycles. The van der Waals surface area contributed by atoms with Crippen molar-refractivity contribution < 1.29 is 9.21 Å². The topological polar surface area (TPSA) is 62.5 Å². The summed E-state index contributed by atoms with van der Waals surface area (Å²) in [5.41, 5.74) is 2.95. The number of carbonyl (C=O) groups excluding carboxylic acids is 1. The van der Waals surface area contributed by atoms with E-state index >= 15 is 0 Å². The number of aromatic nitrogens is 2.